The number of carbonyl (C=O) groups is 3. The molecule has 0 saturated carbocycles. The van der Waals surface area contributed by atoms with E-state index in [1.807, 2.05) is 24.3 Å². The molecule has 4 rings (SSSR count). The summed E-state index contributed by atoms with van der Waals surface area (Å²) in [5.41, 5.74) is 2.04. The first-order valence-corrected chi connectivity index (χ1v) is 13.3. The zero-order valence-corrected chi connectivity index (χ0v) is 23.1. The lowest BCUT2D eigenvalue weighted by atomic mass is 9.77. The first-order valence-electron chi connectivity index (χ1n) is 13.3. The predicted molar refractivity (Wildman–Crippen MR) is 147 cm³/mol. The van der Waals surface area contributed by atoms with Gasteiger partial charge in [0, 0.05) is 35.7 Å². The summed E-state index contributed by atoms with van der Waals surface area (Å²) in [4.78, 5) is 40.2. The van der Waals surface area contributed by atoms with Crippen molar-refractivity contribution in [1.29, 1.82) is 0 Å². The second-order valence-electron chi connectivity index (χ2n) is 10.2. The summed E-state index contributed by atoms with van der Waals surface area (Å²) in [6.07, 6.45) is 0.617. The van der Waals surface area contributed by atoms with Crippen LogP contribution >= 0.6 is 0 Å². The third-order valence-electron chi connectivity index (χ3n) is 7.36. The summed E-state index contributed by atoms with van der Waals surface area (Å²) >= 11 is 0. The van der Waals surface area contributed by atoms with Crippen molar-refractivity contribution in [1.82, 2.24) is 10.2 Å². The van der Waals surface area contributed by atoms with Crippen molar-refractivity contribution in [3.8, 4) is 17.2 Å². The van der Waals surface area contributed by atoms with Crippen LogP contribution in [0.4, 0.5) is 0 Å². The Morgan fingerprint density at radius 3 is 2.52 bits per heavy atom. The van der Waals surface area contributed by atoms with E-state index in [-0.39, 0.29) is 37.1 Å². The number of ether oxygens (including phenoxy) is 3. The first kappa shape index (κ1) is 29.1. The number of hydrogen-bond donors (Lipinski definition) is 3. The predicted octanol–water partition coefficient (Wildman–Crippen LogP) is 1.87. The molecule has 0 spiro atoms. The minimum Gasteiger partial charge on any atom is -0.496 e. The van der Waals surface area contributed by atoms with Crippen LogP contribution in [-0.2, 0) is 16.0 Å². The Kier molecular flexibility index (Phi) is 9.11. The van der Waals surface area contributed by atoms with Gasteiger partial charge < -0.3 is 34.6 Å². The van der Waals surface area contributed by atoms with E-state index in [1.165, 1.54) is 13.2 Å². The van der Waals surface area contributed by atoms with Gasteiger partial charge in [0.15, 0.2) is 11.5 Å². The number of nitrogens with zero attached hydrogens (tertiary/aromatic N) is 1. The van der Waals surface area contributed by atoms with E-state index in [2.05, 4.69) is 5.32 Å². The van der Waals surface area contributed by atoms with Gasteiger partial charge >= 0.3 is 0 Å². The quantitative estimate of drug-likeness (QED) is 0.360. The number of aldehydes is 1. The Morgan fingerprint density at radius 2 is 1.88 bits per heavy atom. The molecule has 2 amide bonds. The number of para-hydroxylation sites is 1. The smallest absolute Gasteiger partial charge is 0.247 e. The maximum atomic E-state index is 13.5. The Hall–Kier alpha value is -3.89. The van der Waals surface area contributed by atoms with Crippen molar-refractivity contribution in [3.05, 3.63) is 64.7 Å². The van der Waals surface area contributed by atoms with Crippen molar-refractivity contribution in [3.63, 3.8) is 0 Å². The lowest BCUT2D eigenvalue weighted by Gasteiger charge is -2.41. The van der Waals surface area contributed by atoms with E-state index in [9.17, 15) is 24.6 Å². The molecule has 10 nitrogen and oxygen atoms in total. The van der Waals surface area contributed by atoms with E-state index < -0.39 is 30.1 Å². The van der Waals surface area contributed by atoms with E-state index in [1.54, 1.807) is 38.0 Å². The molecule has 0 fully saturated rings. The Labute approximate surface area is 233 Å². The third-order valence-corrected chi connectivity index (χ3v) is 7.36. The van der Waals surface area contributed by atoms with Gasteiger partial charge in [0.05, 0.1) is 32.8 Å². The van der Waals surface area contributed by atoms with Crippen LogP contribution in [0.5, 0.6) is 17.2 Å². The molecule has 214 valence electrons. The van der Waals surface area contributed by atoms with Crippen molar-refractivity contribution in [2.45, 2.75) is 44.4 Å². The SMILES string of the molecule is COc1ccccc1CCN(C(=O)C(C)C)[C@@H]1C=C(C(=O)NCCO)[C@@H]2c3cc(C=O)cc(OC)c3O[C@@H]2[C@H]1O. The molecule has 0 saturated heterocycles. The van der Waals surface area contributed by atoms with E-state index in [0.29, 0.717) is 41.1 Å². The van der Waals surface area contributed by atoms with Gasteiger partial charge in [-0.1, -0.05) is 32.0 Å². The molecule has 10 heteroatoms. The molecule has 2 aliphatic rings. The molecule has 0 unspecified atom stereocenters. The maximum Gasteiger partial charge on any atom is 0.247 e. The summed E-state index contributed by atoms with van der Waals surface area (Å²) in [5.74, 6) is -0.428. The average molecular weight is 553 g/mol. The number of nitrogens with one attached hydrogen (secondary N) is 1. The number of carbonyl (C=O) groups excluding carboxylic acids is 3. The van der Waals surface area contributed by atoms with Crippen LogP contribution in [0, 0.1) is 5.92 Å². The molecule has 40 heavy (non-hydrogen) atoms. The molecule has 2 aromatic carbocycles. The molecular weight excluding hydrogens is 516 g/mol. The van der Waals surface area contributed by atoms with Crippen LogP contribution in [-0.4, -0.2) is 85.4 Å². The number of aliphatic hydroxyl groups excluding tert-OH is 2. The summed E-state index contributed by atoms with van der Waals surface area (Å²) < 4.78 is 17.2. The van der Waals surface area contributed by atoms with Crippen LogP contribution in [0.15, 0.2) is 48.0 Å². The molecule has 4 atom stereocenters. The van der Waals surface area contributed by atoms with Crippen LogP contribution < -0.4 is 19.5 Å². The normalized spacial score (nSPS) is 21.0. The van der Waals surface area contributed by atoms with Crippen molar-refractivity contribution in [2.75, 3.05) is 33.9 Å². The van der Waals surface area contributed by atoms with Gasteiger partial charge in [0.25, 0.3) is 0 Å². The van der Waals surface area contributed by atoms with Gasteiger partial charge in [0.1, 0.15) is 24.2 Å². The van der Waals surface area contributed by atoms with Gasteiger partial charge in [-0.2, -0.15) is 0 Å². The zero-order chi connectivity index (χ0) is 29.0. The van der Waals surface area contributed by atoms with Gasteiger partial charge in [-0.25, -0.2) is 0 Å². The van der Waals surface area contributed by atoms with Crippen LogP contribution in [0.2, 0.25) is 0 Å². The monoisotopic (exact) mass is 552 g/mol. The van der Waals surface area contributed by atoms with Crippen molar-refractivity contribution >= 4 is 18.1 Å². The number of methoxy groups -OCH3 is 2. The minimum atomic E-state index is -1.20. The largest absolute Gasteiger partial charge is 0.496 e. The molecule has 0 bridgehead atoms. The molecular formula is C30H36N2O8. The van der Waals surface area contributed by atoms with Crippen LogP contribution in [0.3, 0.4) is 0 Å². The molecule has 1 heterocycles. The molecule has 1 aliphatic heterocycles. The zero-order valence-electron chi connectivity index (χ0n) is 23.1. The fourth-order valence-corrected chi connectivity index (χ4v) is 5.45. The lowest BCUT2D eigenvalue weighted by Crippen LogP contribution is -2.56. The highest BCUT2D eigenvalue weighted by Crippen LogP contribution is 2.51. The molecule has 2 aromatic rings. The molecule has 1 aliphatic carbocycles. The summed E-state index contributed by atoms with van der Waals surface area (Å²) in [6, 6.07) is 9.79. The Morgan fingerprint density at radius 1 is 1.15 bits per heavy atom. The average Bonchev–Trinajstić information content (AvgIpc) is 3.36. The van der Waals surface area contributed by atoms with Crippen LogP contribution in [0.1, 0.15) is 41.3 Å². The fourth-order valence-electron chi connectivity index (χ4n) is 5.45. The number of fused-ring (bicyclic) bond motifs is 3. The number of hydrogen-bond acceptors (Lipinski definition) is 8. The van der Waals surface area contributed by atoms with Gasteiger partial charge in [-0.3, -0.25) is 14.4 Å². The number of aliphatic hydroxyl groups is 2. The van der Waals surface area contributed by atoms with E-state index in [0.717, 1.165) is 5.56 Å². The van der Waals surface area contributed by atoms with Crippen LogP contribution in [0.25, 0.3) is 0 Å². The summed E-state index contributed by atoms with van der Waals surface area (Å²) in [7, 11) is 3.03. The van der Waals surface area contributed by atoms with E-state index >= 15 is 0 Å². The Balaban J connectivity index is 1.78. The van der Waals surface area contributed by atoms with Crippen molar-refractivity contribution in [2.24, 2.45) is 5.92 Å². The highest BCUT2D eigenvalue weighted by atomic mass is 16.5. The Bertz CT molecular complexity index is 1290. The van der Waals surface area contributed by atoms with E-state index in [4.69, 9.17) is 14.2 Å². The fraction of sp³-hybridized carbons (Fsp3) is 0.433. The van der Waals surface area contributed by atoms with Crippen molar-refractivity contribution < 1.29 is 38.8 Å². The first-order chi connectivity index (χ1) is 19.2. The maximum absolute atomic E-state index is 13.5. The second kappa shape index (κ2) is 12.5. The highest BCUT2D eigenvalue weighted by molar-refractivity contribution is 5.96. The number of benzene rings is 2. The molecule has 0 radical (unpaired) electrons. The third kappa shape index (κ3) is 5.55. The van der Waals surface area contributed by atoms with Gasteiger partial charge in [-0.05, 0) is 36.3 Å². The topological polar surface area (TPSA) is 135 Å². The van der Waals surface area contributed by atoms with Gasteiger partial charge in [0.2, 0.25) is 11.8 Å². The summed E-state index contributed by atoms with van der Waals surface area (Å²) in [6.45, 7) is 3.58. The lowest BCUT2D eigenvalue weighted by molar-refractivity contribution is -0.140. The summed E-state index contributed by atoms with van der Waals surface area (Å²) in [5, 5.41) is 23.7. The minimum absolute atomic E-state index is 0.0225. The molecule has 3 N–H and O–H groups in total. The number of amides is 2. The number of rotatable bonds is 11. The standard InChI is InChI=1S/C30H36N2O8/c1-17(2)30(37)32(11-9-19-7-5-6-8-23(19)38-3)22-15-21(29(36)31-10-12-33)25-20-13-18(16-34)14-24(39-4)27(20)40-28(25)26(22)35/h5-8,13-17,22,25-26,28,33,35H,9-12H2,1-4H3,(H,31,36)/t22-,25+,26+,28+/m1/s1. The second-order valence-corrected chi connectivity index (χ2v) is 10.2. The molecule has 0 aromatic heterocycles. The van der Waals surface area contributed by atoms with Gasteiger partial charge in [-0.15, -0.1) is 0 Å². The highest BCUT2D eigenvalue weighted by Gasteiger charge is 2.51.